The van der Waals surface area contributed by atoms with E-state index >= 15 is 0 Å². The van der Waals surface area contributed by atoms with Gasteiger partial charge in [-0.1, -0.05) is 76.0 Å². The summed E-state index contributed by atoms with van der Waals surface area (Å²) in [6.45, 7) is 6.59. The Morgan fingerprint density at radius 3 is 2.00 bits per heavy atom. The molecule has 0 fully saturated rings. The summed E-state index contributed by atoms with van der Waals surface area (Å²) in [6.07, 6.45) is 11.1. The fraction of sp³-hybridized carbons (Fsp3) is 0.684. The zero-order valence-corrected chi connectivity index (χ0v) is 15.8. The lowest BCUT2D eigenvalue weighted by Gasteiger charge is -2.10. The Morgan fingerprint density at radius 2 is 1.43 bits per heavy atom. The molecular weight excluding hydrogens is 306 g/mol. The van der Waals surface area contributed by atoms with Gasteiger partial charge in [0.2, 0.25) is 10.0 Å². The van der Waals surface area contributed by atoms with Crippen molar-refractivity contribution in [3.8, 4) is 0 Å². The molecule has 0 amide bonds. The zero-order chi connectivity index (χ0) is 17.1. The summed E-state index contributed by atoms with van der Waals surface area (Å²) in [5, 5.41) is 0. The molecule has 0 saturated carbocycles. The molecule has 0 aromatic heterocycles. The van der Waals surface area contributed by atoms with Crippen LogP contribution in [0.25, 0.3) is 0 Å². The van der Waals surface area contributed by atoms with Crippen LogP contribution in [0, 0.1) is 13.8 Å². The number of sulfonamides is 1. The highest BCUT2D eigenvalue weighted by atomic mass is 32.2. The molecule has 1 aromatic carbocycles. The Hall–Kier alpha value is -0.870. The minimum absolute atomic E-state index is 0.402. The van der Waals surface area contributed by atoms with Crippen LogP contribution >= 0.6 is 0 Å². The first-order valence-electron chi connectivity index (χ1n) is 9.04. The van der Waals surface area contributed by atoms with Crippen molar-refractivity contribution in [1.82, 2.24) is 4.72 Å². The molecule has 0 aliphatic rings. The Labute approximate surface area is 142 Å². The number of nitrogens with one attached hydrogen (secondary N) is 1. The van der Waals surface area contributed by atoms with Gasteiger partial charge in [-0.3, -0.25) is 0 Å². The van der Waals surface area contributed by atoms with Gasteiger partial charge in [-0.25, -0.2) is 13.1 Å². The zero-order valence-electron chi connectivity index (χ0n) is 15.0. The normalized spacial score (nSPS) is 11.8. The Kier molecular flexibility index (Phi) is 9.49. The van der Waals surface area contributed by atoms with E-state index in [1.165, 1.54) is 44.9 Å². The smallest absolute Gasteiger partial charge is 0.211 e. The lowest BCUT2D eigenvalue weighted by atomic mass is 10.1. The molecule has 0 radical (unpaired) electrons. The van der Waals surface area contributed by atoms with E-state index in [0.29, 0.717) is 11.4 Å². The van der Waals surface area contributed by atoms with Crippen molar-refractivity contribution in [2.24, 2.45) is 0 Å². The maximum atomic E-state index is 12.3. The molecule has 0 spiro atoms. The van der Waals surface area contributed by atoms with Crippen molar-refractivity contribution in [2.75, 3.05) is 6.54 Å². The first-order chi connectivity index (χ1) is 11.0. The molecule has 0 saturated heterocycles. The van der Waals surface area contributed by atoms with Gasteiger partial charge in [0.25, 0.3) is 0 Å². The predicted octanol–water partition coefficient (Wildman–Crippen LogP) is 5.11. The molecule has 0 aliphatic heterocycles. The van der Waals surface area contributed by atoms with Crippen LogP contribution in [0.1, 0.15) is 75.8 Å². The molecule has 132 valence electrons. The van der Waals surface area contributed by atoms with Crippen molar-refractivity contribution >= 4 is 10.0 Å². The lowest BCUT2D eigenvalue weighted by molar-refractivity contribution is 0.553. The number of rotatable bonds is 12. The standard InChI is InChI=1S/C19H33NO2S/c1-4-5-6-7-8-9-10-11-12-15-20-23(21,22)19-14-13-17(2)16-18(19)3/h13-14,16,20H,4-12,15H2,1-3H3. The van der Waals surface area contributed by atoms with Gasteiger partial charge < -0.3 is 0 Å². The number of benzene rings is 1. The molecule has 0 unspecified atom stereocenters. The van der Waals surface area contributed by atoms with Gasteiger partial charge in [0.15, 0.2) is 0 Å². The van der Waals surface area contributed by atoms with Gasteiger partial charge in [0.05, 0.1) is 4.90 Å². The van der Waals surface area contributed by atoms with E-state index in [-0.39, 0.29) is 0 Å². The third kappa shape index (κ3) is 7.98. The fourth-order valence-corrected chi connectivity index (χ4v) is 4.12. The van der Waals surface area contributed by atoms with Gasteiger partial charge in [-0.05, 0) is 31.9 Å². The van der Waals surface area contributed by atoms with Gasteiger partial charge in [-0.15, -0.1) is 0 Å². The van der Waals surface area contributed by atoms with Crippen molar-refractivity contribution in [1.29, 1.82) is 0 Å². The molecule has 4 heteroatoms. The van der Waals surface area contributed by atoms with E-state index in [2.05, 4.69) is 11.6 Å². The lowest BCUT2D eigenvalue weighted by Crippen LogP contribution is -2.25. The van der Waals surface area contributed by atoms with E-state index in [4.69, 9.17) is 0 Å². The monoisotopic (exact) mass is 339 g/mol. The summed E-state index contributed by atoms with van der Waals surface area (Å²) in [7, 11) is -3.37. The van der Waals surface area contributed by atoms with Crippen LogP contribution in [0.3, 0.4) is 0 Å². The van der Waals surface area contributed by atoms with Crippen LogP contribution in [-0.4, -0.2) is 15.0 Å². The van der Waals surface area contributed by atoms with Crippen LogP contribution in [0.4, 0.5) is 0 Å². The fourth-order valence-electron chi connectivity index (χ4n) is 2.82. The SMILES string of the molecule is CCCCCCCCCCCNS(=O)(=O)c1ccc(C)cc1C. The summed E-state index contributed by atoms with van der Waals surface area (Å²) < 4.78 is 27.3. The molecule has 0 heterocycles. The van der Waals surface area contributed by atoms with Gasteiger partial charge >= 0.3 is 0 Å². The maximum Gasteiger partial charge on any atom is 0.240 e. The second-order valence-corrected chi connectivity index (χ2v) is 8.23. The molecule has 23 heavy (non-hydrogen) atoms. The van der Waals surface area contributed by atoms with Crippen LogP contribution in [0.15, 0.2) is 23.1 Å². The second-order valence-electron chi connectivity index (χ2n) is 6.50. The first kappa shape index (κ1) is 20.2. The summed E-state index contributed by atoms with van der Waals surface area (Å²) in [5.41, 5.74) is 1.89. The Bertz CT molecular complexity index is 552. The van der Waals surface area contributed by atoms with Crippen molar-refractivity contribution in [3.63, 3.8) is 0 Å². The van der Waals surface area contributed by atoms with E-state index in [1.54, 1.807) is 6.07 Å². The van der Waals surface area contributed by atoms with E-state index in [0.717, 1.165) is 24.0 Å². The van der Waals surface area contributed by atoms with Crippen LogP contribution in [-0.2, 0) is 10.0 Å². The molecule has 0 atom stereocenters. The van der Waals surface area contributed by atoms with Crippen LogP contribution in [0.2, 0.25) is 0 Å². The quantitative estimate of drug-likeness (QED) is 0.538. The average molecular weight is 340 g/mol. The largest absolute Gasteiger partial charge is 0.240 e. The summed E-state index contributed by atoms with van der Waals surface area (Å²) in [5.74, 6) is 0. The molecule has 1 rings (SSSR count). The van der Waals surface area contributed by atoms with E-state index < -0.39 is 10.0 Å². The molecule has 1 N–H and O–H groups in total. The van der Waals surface area contributed by atoms with Crippen LogP contribution in [0.5, 0.6) is 0 Å². The number of hydrogen-bond donors (Lipinski definition) is 1. The predicted molar refractivity (Wildman–Crippen MR) is 98.3 cm³/mol. The number of aryl methyl sites for hydroxylation is 2. The van der Waals surface area contributed by atoms with Crippen molar-refractivity contribution in [3.05, 3.63) is 29.3 Å². The minimum Gasteiger partial charge on any atom is -0.211 e. The Balaban J connectivity index is 2.20. The summed E-state index contributed by atoms with van der Waals surface area (Å²) >= 11 is 0. The highest BCUT2D eigenvalue weighted by Crippen LogP contribution is 2.16. The molecule has 0 bridgehead atoms. The minimum atomic E-state index is -3.37. The molecule has 3 nitrogen and oxygen atoms in total. The van der Waals surface area contributed by atoms with Gasteiger partial charge in [-0.2, -0.15) is 0 Å². The molecular formula is C19H33NO2S. The maximum absolute atomic E-state index is 12.3. The summed E-state index contributed by atoms with van der Waals surface area (Å²) in [4.78, 5) is 0.402. The number of hydrogen-bond acceptors (Lipinski definition) is 2. The molecule has 0 aliphatic carbocycles. The van der Waals surface area contributed by atoms with Gasteiger partial charge in [0, 0.05) is 6.54 Å². The highest BCUT2D eigenvalue weighted by molar-refractivity contribution is 7.89. The third-order valence-electron chi connectivity index (χ3n) is 4.19. The van der Waals surface area contributed by atoms with Crippen LogP contribution < -0.4 is 4.72 Å². The van der Waals surface area contributed by atoms with Crippen molar-refractivity contribution < 1.29 is 8.42 Å². The molecule has 1 aromatic rings. The highest BCUT2D eigenvalue weighted by Gasteiger charge is 2.15. The summed E-state index contributed by atoms with van der Waals surface area (Å²) in [6, 6.07) is 5.45. The van der Waals surface area contributed by atoms with Crippen molar-refractivity contribution in [2.45, 2.75) is 83.5 Å². The number of unbranched alkanes of at least 4 members (excludes halogenated alkanes) is 8. The Morgan fingerprint density at radius 1 is 0.870 bits per heavy atom. The average Bonchev–Trinajstić information content (AvgIpc) is 2.48. The van der Waals surface area contributed by atoms with E-state index in [1.807, 2.05) is 26.0 Å². The van der Waals surface area contributed by atoms with Gasteiger partial charge in [0.1, 0.15) is 0 Å². The second kappa shape index (κ2) is 10.8. The first-order valence-corrected chi connectivity index (χ1v) is 10.5. The van der Waals surface area contributed by atoms with E-state index in [9.17, 15) is 8.42 Å². The third-order valence-corrected chi connectivity index (χ3v) is 5.81. The topological polar surface area (TPSA) is 46.2 Å².